The Bertz CT molecular complexity index is 460. The first-order valence-electron chi connectivity index (χ1n) is 3.71. The van der Waals surface area contributed by atoms with Gasteiger partial charge in [-0.2, -0.15) is 0 Å². The molecule has 0 unspecified atom stereocenters. The minimum Gasteiger partial charge on any atom is -0.505 e. The van der Waals surface area contributed by atoms with Crippen LogP contribution in [0.3, 0.4) is 0 Å². The lowest BCUT2D eigenvalue weighted by molar-refractivity contribution is 0.0697. The molecule has 5 nitrogen and oxygen atoms in total. The molecule has 0 aliphatic heterocycles. The van der Waals surface area contributed by atoms with Gasteiger partial charge in [0.15, 0.2) is 0 Å². The summed E-state index contributed by atoms with van der Waals surface area (Å²) in [5, 5.41) is 16.8. The van der Waals surface area contributed by atoms with Crippen molar-refractivity contribution >= 4 is 46.7 Å². The molecule has 16 heavy (non-hydrogen) atoms. The second-order valence-electron chi connectivity index (χ2n) is 2.71. The number of nitrogens with two attached hydrogens (primary N) is 1. The molecule has 1 aromatic rings. The predicted octanol–water partition coefficient (Wildman–Crippen LogP) is 2.15. The third-order valence-corrected chi connectivity index (χ3v) is 2.98. The highest BCUT2D eigenvalue weighted by Gasteiger charge is 2.27. The van der Waals surface area contributed by atoms with E-state index in [0.29, 0.717) is 0 Å². The van der Waals surface area contributed by atoms with Crippen molar-refractivity contribution in [1.82, 2.24) is 0 Å². The van der Waals surface area contributed by atoms with E-state index < -0.39 is 43.8 Å². The number of amides is 1. The lowest BCUT2D eigenvalue weighted by Gasteiger charge is -2.10. The normalized spacial score (nSPS) is 10.2. The van der Waals surface area contributed by atoms with E-state index >= 15 is 0 Å². The maximum Gasteiger partial charge on any atom is 0.338 e. The topological polar surface area (TPSA) is 101 Å². The van der Waals surface area contributed by atoms with Crippen molar-refractivity contribution in [2.75, 3.05) is 0 Å². The summed E-state index contributed by atoms with van der Waals surface area (Å²) in [7, 11) is 0. The summed E-state index contributed by atoms with van der Waals surface area (Å²) in [5.74, 6) is -3.34. The lowest BCUT2D eigenvalue weighted by Crippen LogP contribution is -2.14. The molecule has 0 aromatic heterocycles. The van der Waals surface area contributed by atoms with Crippen LogP contribution in [0.1, 0.15) is 20.7 Å². The van der Waals surface area contributed by atoms with Crippen molar-refractivity contribution in [2.24, 2.45) is 5.73 Å². The van der Waals surface area contributed by atoms with E-state index in [1.54, 1.807) is 0 Å². The number of hydrogen-bond donors (Lipinski definition) is 3. The molecule has 0 radical (unpaired) electrons. The van der Waals surface area contributed by atoms with Gasteiger partial charge in [0.25, 0.3) is 5.91 Å². The Hall–Kier alpha value is -1.17. The van der Waals surface area contributed by atoms with Gasteiger partial charge >= 0.3 is 5.97 Å². The van der Waals surface area contributed by atoms with Crippen LogP contribution in [0.15, 0.2) is 0 Å². The zero-order chi connectivity index (χ0) is 12.6. The van der Waals surface area contributed by atoms with Crippen molar-refractivity contribution in [2.45, 2.75) is 0 Å². The third kappa shape index (κ3) is 1.89. The number of rotatable bonds is 2. The molecular formula is C8H4Cl3NO4. The summed E-state index contributed by atoms with van der Waals surface area (Å²) in [6, 6.07) is 0. The molecule has 1 rings (SSSR count). The summed E-state index contributed by atoms with van der Waals surface area (Å²) >= 11 is 16.7. The molecule has 86 valence electrons. The molecule has 4 N–H and O–H groups in total. The third-order valence-electron chi connectivity index (χ3n) is 1.76. The van der Waals surface area contributed by atoms with Gasteiger partial charge in [0.05, 0.1) is 15.6 Å². The monoisotopic (exact) mass is 283 g/mol. The zero-order valence-corrected chi connectivity index (χ0v) is 9.69. The fraction of sp³-hybridized carbons (Fsp3) is 0. The summed E-state index contributed by atoms with van der Waals surface area (Å²) in [6.07, 6.45) is 0. The van der Waals surface area contributed by atoms with Gasteiger partial charge in [0.2, 0.25) is 0 Å². The number of carbonyl (C=O) groups is 2. The smallest absolute Gasteiger partial charge is 0.338 e. The van der Waals surface area contributed by atoms with Crippen LogP contribution in [-0.2, 0) is 0 Å². The highest BCUT2D eigenvalue weighted by molar-refractivity contribution is 6.48. The number of aromatic hydroxyl groups is 1. The molecule has 0 spiro atoms. The van der Waals surface area contributed by atoms with Crippen molar-refractivity contribution in [1.29, 1.82) is 0 Å². The van der Waals surface area contributed by atoms with Gasteiger partial charge in [-0.25, -0.2) is 4.79 Å². The molecule has 0 saturated carbocycles. The van der Waals surface area contributed by atoms with Gasteiger partial charge < -0.3 is 15.9 Å². The van der Waals surface area contributed by atoms with E-state index in [4.69, 9.17) is 45.6 Å². The Kier molecular flexibility index (Phi) is 3.52. The van der Waals surface area contributed by atoms with E-state index in [2.05, 4.69) is 0 Å². The van der Waals surface area contributed by atoms with Crippen LogP contribution in [0.5, 0.6) is 5.75 Å². The predicted molar refractivity (Wildman–Crippen MR) is 58.6 cm³/mol. The largest absolute Gasteiger partial charge is 0.505 e. The molecule has 0 bridgehead atoms. The van der Waals surface area contributed by atoms with Crippen LogP contribution in [0.4, 0.5) is 0 Å². The number of aromatic carboxylic acids is 1. The van der Waals surface area contributed by atoms with Gasteiger partial charge in [-0.3, -0.25) is 4.79 Å². The second kappa shape index (κ2) is 4.37. The number of halogens is 3. The first kappa shape index (κ1) is 12.9. The number of benzene rings is 1. The quantitative estimate of drug-likeness (QED) is 0.724. The Labute approximate surface area is 104 Å². The fourth-order valence-electron chi connectivity index (χ4n) is 1.06. The van der Waals surface area contributed by atoms with E-state index in [0.717, 1.165) is 0 Å². The first-order valence-corrected chi connectivity index (χ1v) is 4.84. The van der Waals surface area contributed by atoms with Crippen LogP contribution < -0.4 is 5.73 Å². The van der Waals surface area contributed by atoms with E-state index in [1.165, 1.54) is 0 Å². The van der Waals surface area contributed by atoms with E-state index in [1.807, 2.05) is 0 Å². The molecule has 1 aromatic carbocycles. The maximum atomic E-state index is 11.0. The molecule has 0 atom stereocenters. The highest BCUT2D eigenvalue weighted by Crippen LogP contribution is 2.42. The molecular weight excluding hydrogens is 280 g/mol. The van der Waals surface area contributed by atoms with Gasteiger partial charge in [-0.15, -0.1) is 0 Å². The average molecular weight is 284 g/mol. The second-order valence-corrected chi connectivity index (χ2v) is 3.84. The molecule has 0 heterocycles. The first-order chi connectivity index (χ1) is 7.29. The maximum absolute atomic E-state index is 11.0. The van der Waals surface area contributed by atoms with Crippen molar-refractivity contribution in [3.8, 4) is 5.75 Å². The lowest BCUT2D eigenvalue weighted by atomic mass is 10.1. The average Bonchev–Trinajstić information content (AvgIpc) is 2.13. The zero-order valence-electron chi connectivity index (χ0n) is 7.42. The number of carbonyl (C=O) groups excluding carboxylic acids is 1. The van der Waals surface area contributed by atoms with Gasteiger partial charge in [0, 0.05) is 0 Å². The van der Waals surface area contributed by atoms with Crippen LogP contribution in [0.2, 0.25) is 15.1 Å². The van der Waals surface area contributed by atoms with Crippen molar-refractivity contribution in [3.05, 3.63) is 26.2 Å². The molecule has 0 aliphatic carbocycles. The Morgan fingerprint density at radius 2 is 1.50 bits per heavy atom. The minimum absolute atomic E-state index is 0.457. The summed E-state index contributed by atoms with van der Waals surface area (Å²) in [5.41, 5.74) is 3.77. The summed E-state index contributed by atoms with van der Waals surface area (Å²) in [6.45, 7) is 0. The number of carboxylic acid groups (broad SMARTS) is 1. The molecule has 0 fully saturated rings. The van der Waals surface area contributed by atoms with Gasteiger partial charge in [-0.1, -0.05) is 34.8 Å². The number of hydrogen-bond acceptors (Lipinski definition) is 3. The Morgan fingerprint density at radius 1 is 1.00 bits per heavy atom. The van der Waals surface area contributed by atoms with E-state index in [9.17, 15) is 14.7 Å². The van der Waals surface area contributed by atoms with Crippen LogP contribution >= 0.6 is 34.8 Å². The van der Waals surface area contributed by atoms with Crippen molar-refractivity contribution in [3.63, 3.8) is 0 Å². The van der Waals surface area contributed by atoms with Gasteiger partial charge in [-0.05, 0) is 0 Å². The van der Waals surface area contributed by atoms with Crippen molar-refractivity contribution < 1.29 is 19.8 Å². The minimum atomic E-state index is -1.49. The molecule has 1 amide bonds. The summed E-state index contributed by atoms with van der Waals surface area (Å²) < 4.78 is 0. The molecule has 8 heteroatoms. The number of phenols is 1. The fourth-order valence-corrected chi connectivity index (χ4v) is 1.92. The highest BCUT2D eigenvalue weighted by atomic mass is 35.5. The SMILES string of the molecule is NC(=O)c1c(O)c(Cl)c(Cl)c(C(=O)O)c1Cl. The number of carboxylic acids is 1. The standard InChI is InChI=1S/C8H4Cl3NO4/c9-3-1(8(15)16)4(10)5(11)6(13)2(3)7(12)14/h13H,(H2,12,14)(H,15,16). The molecule has 0 aliphatic rings. The van der Waals surface area contributed by atoms with Crippen LogP contribution in [0, 0.1) is 0 Å². The molecule has 0 saturated heterocycles. The Balaban J connectivity index is 3.80. The number of primary amides is 1. The van der Waals surface area contributed by atoms with Crippen LogP contribution in [-0.4, -0.2) is 22.1 Å². The van der Waals surface area contributed by atoms with Crippen LogP contribution in [0.25, 0.3) is 0 Å². The van der Waals surface area contributed by atoms with E-state index in [-0.39, 0.29) is 0 Å². The Morgan fingerprint density at radius 3 is 1.88 bits per heavy atom. The van der Waals surface area contributed by atoms with Gasteiger partial charge in [0.1, 0.15) is 16.3 Å². The summed E-state index contributed by atoms with van der Waals surface area (Å²) in [4.78, 5) is 21.8.